The number of imide groups is 1. The van der Waals surface area contributed by atoms with Crippen LogP contribution >= 0.6 is 15.9 Å². The average Bonchev–Trinajstić information content (AvgIpc) is 3.32. The first-order valence-corrected chi connectivity index (χ1v) is 10.2. The molecule has 0 bridgehead atoms. The van der Waals surface area contributed by atoms with Crippen LogP contribution in [0.3, 0.4) is 0 Å². The van der Waals surface area contributed by atoms with Gasteiger partial charge < -0.3 is 4.74 Å². The van der Waals surface area contributed by atoms with E-state index in [-0.39, 0.29) is 30.8 Å². The summed E-state index contributed by atoms with van der Waals surface area (Å²) in [7, 11) is 0. The molecule has 0 N–H and O–H groups in total. The number of rotatable bonds is 4. The molecule has 0 aliphatic carbocycles. The number of nitrogens with zero attached hydrogens (tertiary/aromatic N) is 3. The van der Waals surface area contributed by atoms with Crippen LogP contribution in [-0.2, 0) is 9.53 Å². The molecule has 2 heterocycles. The van der Waals surface area contributed by atoms with E-state index in [1.54, 1.807) is 17.1 Å². The van der Waals surface area contributed by atoms with E-state index in [0.29, 0.717) is 12.1 Å². The number of anilines is 1. The number of ether oxygens (including phenoxy) is 1. The molecule has 2 aromatic rings. The zero-order valence-electron chi connectivity index (χ0n) is 15.7. The largest absolute Gasteiger partial charge is 0.447 e. The van der Waals surface area contributed by atoms with Gasteiger partial charge in [-0.05, 0) is 48.4 Å². The molecular formula is C21H19BrFN3O3. The standard InChI is InChI=1S/C21H19BrFN3O3/c1-2-17-18(13-3-7-15(23)8-4-13)24-26(16-9-5-14(22)6-10-16)19(17)20(27)25-11-12-29-21(25)28/h3-10,17,19H,2,11-12H2,1H3/t17-,19-/m1/s1. The van der Waals surface area contributed by atoms with Gasteiger partial charge in [0.05, 0.1) is 17.9 Å². The Balaban J connectivity index is 1.77. The molecule has 0 spiro atoms. The molecule has 2 aliphatic heterocycles. The number of hydrogen-bond acceptors (Lipinski definition) is 5. The first-order chi connectivity index (χ1) is 14.0. The van der Waals surface area contributed by atoms with Gasteiger partial charge in [0.1, 0.15) is 18.5 Å². The highest BCUT2D eigenvalue weighted by Crippen LogP contribution is 2.35. The molecule has 150 valence electrons. The van der Waals surface area contributed by atoms with E-state index in [9.17, 15) is 14.0 Å². The number of hydrazone groups is 1. The van der Waals surface area contributed by atoms with E-state index < -0.39 is 12.1 Å². The fourth-order valence-corrected chi connectivity index (χ4v) is 3.99. The summed E-state index contributed by atoms with van der Waals surface area (Å²) in [5.74, 6) is -0.939. The third kappa shape index (κ3) is 3.64. The van der Waals surface area contributed by atoms with E-state index in [1.165, 1.54) is 12.1 Å². The van der Waals surface area contributed by atoms with Gasteiger partial charge in [0.15, 0.2) is 0 Å². The van der Waals surface area contributed by atoms with Gasteiger partial charge in [-0.25, -0.2) is 14.1 Å². The molecule has 2 aliphatic rings. The third-order valence-corrected chi connectivity index (χ3v) is 5.69. The Morgan fingerprint density at radius 2 is 1.90 bits per heavy atom. The van der Waals surface area contributed by atoms with Crippen LogP contribution in [0, 0.1) is 11.7 Å². The van der Waals surface area contributed by atoms with Crippen molar-refractivity contribution in [3.8, 4) is 0 Å². The van der Waals surface area contributed by atoms with Crippen LogP contribution in [0.5, 0.6) is 0 Å². The smallest absolute Gasteiger partial charge is 0.416 e. The maximum Gasteiger partial charge on any atom is 0.416 e. The number of amides is 2. The van der Waals surface area contributed by atoms with E-state index in [0.717, 1.165) is 20.6 Å². The first-order valence-electron chi connectivity index (χ1n) is 9.37. The van der Waals surface area contributed by atoms with Crippen LogP contribution in [-0.4, -0.2) is 41.8 Å². The lowest BCUT2D eigenvalue weighted by Gasteiger charge is -2.28. The highest BCUT2D eigenvalue weighted by molar-refractivity contribution is 9.10. The summed E-state index contributed by atoms with van der Waals surface area (Å²) in [5, 5.41) is 6.41. The maximum atomic E-state index is 13.4. The number of carbonyl (C=O) groups is 2. The molecule has 6 nitrogen and oxygen atoms in total. The molecule has 2 amide bonds. The van der Waals surface area contributed by atoms with Crippen molar-refractivity contribution in [3.63, 3.8) is 0 Å². The van der Waals surface area contributed by atoms with Crippen molar-refractivity contribution in [3.05, 3.63) is 64.4 Å². The normalized spacial score (nSPS) is 21.3. The van der Waals surface area contributed by atoms with Gasteiger partial charge in [-0.3, -0.25) is 9.80 Å². The lowest BCUT2D eigenvalue weighted by Crippen LogP contribution is -2.49. The Hall–Kier alpha value is -2.74. The second-order valence-electron chi connectivity index (χ2n) is 6.88. The predicted molar refractivity (Wildman–Crippen MR) is 110 cm³/mol. The summed E-state index contributed by atoms with van der Waals surface area (Å²) in [6.45, 7) is 2.39. The minimum absolute atomic E-state index is 0.193. The highest BCUT2D eigenvalue weighted by Gasteiger charge is 2.46. The lowest BCUT2D eigenvalue weighted by molar-refractivity contribution is -0.129. The van der Waals surface area contributed by atoms with Gasteiger partial charge >= 0.3 is 6.09 Å². The summed E-state index contributed by atoms with van der Waals surface area (Å²) in [5.41, 5.74) is 2.18. The van der Waals surface area contributed by atoms with Crippen molar-refractivity contribution >= 4 is 39.3 Å². The molecule has 8 heteroatoms. The maximum absolute atomic E-state index is 13.4. The van der Waals surface area contributed by atoms with Crippen LogP contribution in [0.4, 0.5) is 14.9 Å². The lowest BCUT2D eigenvalue weighted by atomic mass is 9.88. The van der Waals surface area contributed by atoms with Crippen LogP contribution < -0.4 is 5.01 Å². The average molecular weight is 460 g/mol. The van der Waals surface area contributed by atoms with Crippen LogP contribution in [0.2, 0.25) is 0 Å². The number of benzene rings is 2. The molecule has 0 unspecified atom stereocenters. The zero-order valence-corrected chi connectivity index (χ0v) is 17.3. The van der Waals surface area contributed by atoms with Crippen molar-refractivity contribution in [1.29, 1.82) is 0 Å². The summed E-state index contributed by atoms with van der Waals surface area (Å²) >= 11 is 3.41. The minimum atomic E-state index is -0.688. The second kappa shape index (κ2) is 7.94. The molecule has 2 aromatic carbocycles. The van der Waals surface area contributed by atoms with Crippen molar-refractivity contribution in [2.75, 3.05) is 18.2 Å². The van der Waals surface area contributed by atoms with Crippen LogP contribution in [0.1, 0.15) is 18.9 Å². The topological polar surface area (TPSA) is 62.2 Å². The monoisotopic (exact) mass is 459 g/mol. The van der Waals surface area contributed by atoms with Gasteiger partial charge in [-0.15, -0.1) is 0 Å². The van der Waals surface area contributed by atoms with Crippen molar-refractivity contribution in [1.82, 2.24) is 4.90 Å². The summed E-state index contributed by atoms with van der Waals surface area (Å²) < 4.78 is 19.3. The fourth-order valence-electron chi connectivity index (χ4n) is 3.72. The SMILES string of the molecule is CC[C@@H]1C(c2ccc(F)cc2)=NN(c2ccc(Br)cc2)[C@H]1C(=O)N1CCOC1=O. The summed E-state index contributed by atoms with van der Waals surface area (Å²) in [6, 6.07) is 12.8. The molecule has 0 saturated carbocycles. The van der Waals surface area contributed by atoms with E-state index >= 15 is 0 Å². The Bertz CT molecular complexity index is 962. The molecule has 1 fully saturated rings. The molecule has 4 rings (SSSR count). The van der Waals surface area contributed by atoms with Crippen molar-refractivity contribution in [2.24, 2.45) is 11.0 Å². The van der Waals surface area contributed by atoms with Gasteiger partial charge in [0.2, 0.25) is 0 Å². The quantitative estimate of drug-likeness (QED) is 0.687. The van der Waals surface area contributed by atoms with Crippen LogP contribution in [0.25, 0.3) is 0 Å². The molecule has 29 heavy (non-hydrogen) atoms. The predicted octanol–water partition coefficient (Wildman–Crippen LogP) is 4.19. The van der Waals surface area contributed by atoms with Gasteiger partial charge in [-0.1, -0.05) is 35.0 Å². The van der Waals surface area contributed by atoms with Gasteiger partial charge in [-0.2, -0.15) is 5.10 Å². The Labute approximate surface area is 176 Å². The molecule has 2 atom stereocenters. The Morgan fingerprint density at radius 1 is 1.21 bits per heavy atom. The number of cyclic esters (lactones) is 1. The third-order valence-electron chi connectivity index (χ3n) is 5.16. The number of halogens is 2. The molecule has 1 saturated heterocycles. The fraction of sp³-hybridized carbons (Fsp3) is 0.286. The summed E-state index contributed by atoms with van der Waals surface area (Å²) in [6.07, 6.45) is -0.00134. The van der Waals surface area contributed by atoms with Crippen molar-refractivity contribution in [2.45, 2.75) is 19.4 Å². The van der Waals surface area contributed by atoms with E-state index in [4.69, 9.17) is 9.84 Å². The van der Waals surface area contributed by atoms with E-state index in [2.05, 4.69) is 15.9 Å². The van der Waals surface area contributed by atoms with Gasteiger partial charge in [0.25, 0.3) is 5.91 Å². The van der Waals surface area contributed by atoms with Crippen LogP contribution in [0.15, 0.2) is 58.1 Å². The van der Waals surface area contributed by atoms with Crippen molar-refractivity contribution < 1.29 is 18.7 Å². The molecule has 0 aromatic heterocycles. The Kier molecular flexibility index (Phi) is 5.36. The van der Waals surface area contributed by atoms with E-state index in [1.807, 2.05) is 31.2 Å². The number of hydrogen-bond donors (Lipinski definition) is 0. The number of carbonyl (C=O) groups excluding carboxylic acids is 2. The Morgan fingerprint density at radius 3 is 2.48 bits per heavy atom. The zero-order chi connectivity index (χ0) is 20.5. The second-order valence-corrected chi connectivity index (χ2v) is 7.79. The minimum Gasteiger partial charge on any atom is -0.447 e. The molecule has 0 radical (unpaired) electrons. The summed E-state index contributed by atoms with van der Waals surface area (Å²) in [4.78, 5) is 26.5. The molecular weight excluding hydrogens is 441 g/mol. The first kappa shape index (κ1) is 19.6. The van der Waals surface area contributed by atoms with Gasteiger partial charge in [0, 0.05) is 10.4 Å². The highest BCUT2D eigenvalue weighted by atomic mass is 79.9.